The van der Waals surface area contributed by atoms with Gasteiger partial charge in [0, 0.05) is 0 Å². The van der Waals surface area contributed by atoms with Crippen LogP contribution in [-0.2, 0) is 0 Å². The van der Waals surface area contributed by atoms with E-state index in [1.807, 2.05) is 0 Å². The summed E-state index contributed by atoms with van der Waals surface area (Å²) in [6.07, 6.45) is 0. The van der Waals surface area contributed by atoms with Crippen molar-refractivity contribution in [2.24, 2.45) is 0 Å². The SMILES string of the molecule is CC(C)(C)[N+](C(C)(C)C)(C(C)(C)C)C(C)(C)C.[H-]. The highest BCUT2D eigenvalue weighted by molar-refractivity contribution is 4.88. The van der Waals surface area contributed by atoms with Crippen molar-refractivity contribution in [2.45, 2.75) is 105 Å². The van der Waals surface area contributed by atoms with Crippen LogP contribution >= 0.6 is 0 Å². The Morgan fingerprint density at radius 2 is 0.529 bits per heavy atom. The Bertz CT molecular complexity index is 204. The first kappa shape index (κ1) is 17.0. The average Bonchev–Trinajstić information content (AvgIpc) is 1.67. The van der Waals surface area contributed by atoms with E-state index < -0.39 is 0 Å². The summed E-state index contributed by atoms with van der Waals surface area (Å²) in [4.78, 5) is 0. The fraction of sp³-hybridized carbons (Fsp3) is 1.00. The summed E-state index contributed by atoms with van der Waals surface area (Å²) in [5.74, 6) is 0. The smallest absolute Gasteiger partial charge is 0.0918 e. The molecule has 0 aromatic carbocycles. The highest BCUT2D eigenvalue weighted by Crippen LogP contribution is 2.50. The van der Waals surface area contributed by atoms with Gasteiger partial charge in [-0.25, -0.2) is 0 Å². The number of rotatable bonds is 0. The normalized spacial score (nSPS) is 16.2. The molecule has 0 unspecified atom stereocenters. The second-order valence-corrected chi connectivity index (χ2v) is 9.35. The molecule has 0 amide bonds. The Kier molecular flexibility index (Phi) is 3.97. The lowest BCUT2D eigenvalue weighted by atomic mass is 9.75. The van der Waals surface area contributed by atoms with E-state index in [0.29, 0.717) is 0 Å². The Labute approximate surface area is 112 Å². The van der Waals surface area contributed by atoms with Gasteiger partial charge >= 0.3 is 0 Å². The Morgan fingerprint density at radius 1 is 0.412 bits per heavy atom. The largest absolute Gasteiger partial charge is 1.00 e. The molecule has 17 heavy (non-hydrogen) atoms. The monoisotopic (exact) mass is 243 g/mol. The highest BCUT2D eigenvalue weighted by atomic mass is 15.5. The van der Waals surface area contributed by atoms with Gasteiger partial charge in [-0.05, 0) is 83.1 Å². The lowest BCUT2D eigenvalue weighted by Crippen LogP contribution is -2.82. The van der Waals surface area contributed by atoms with Crippen LogP contribution in [0.5, 0.6) is 0 Å². The summed E-state index contributed by atoms with van der Waals surface area (Å²) in [5.41, 5.74) is 0.812. The van der Waals surface area contributed by atoms with Crippen LogP contribution in [0.25, 0.3) is 0 Å². The van der Waals surface area contributed by atoms with Crippen molar-refractivity contribution in [2.75, 3.05) is 0 Å². The molecule has 0 aromatic heterocycles. The summed E-state index contributed by atoms with van der Waals surface area (Å²) in [7, 11) is 0. The van der Waals surface area contributed by atoms with Gasteiger partial charge in [0.25, 0.3) is 0 Å². The third-order valence-corrected chi connectivity index (χ3v) is 4.02. The molecular weight excluding hydrogens is 206 g/mol. The molecule has 0 saturated heterocycles. The molecule has 0 heterocycles. The van der Waals surface area contributed by atoms with Crippen molar-refractivity contribution in [1.82, 2.24) is 0 Å². The van der Waals surface area contributed by atoms with Crippen molar-refractivity contribution in [3.8, 4) is 0 Å². The number of hydrogen-bond donors (Lipinski definition) is 0. The second kappa shape index (κ2) is 3.98. The van der Waals surface area contributed by atoms with E-state index in [2.05, 4.69) is 83.1 Å². The molecule has 0 atom stereocenters. The zero-order valence-electron chi connectivity index (χ0n) is 15.4. The van der Waals surface area contributed by atoms with Gasteiger partial charge in [-0.15, -0.1) is 0 Å². The molecule has 106 valence electrons. The van der Waals surface area contributed by atoms with E-state index in [-0.39, 0.29) is 23.6 Å². The predicted molar refractivity (Wildman–Crippen MR) is 80.4 cm³/mol. The maximum Gasteiger partial charge on any atom is 0.0918 e. The fourth-order valence-electron chi connectivity index (χ4n) is 6.04. The van der Waals surface area contributed by atoms with Gasteiger partial charge in [-0.1, -0.05) is 0 Å². The molecule has 1 nitrogen and oxygen atoms in total. The molecule has 0 radical (unpaired) electrons. The fourth-order valence-corrected chi connectivity index (χ4v) is 6.04. The summed E-state index contributed by atoms with van der Waals surface area (Å²) < 4.78 is 1.08. The molecule has 0 bridgehead atoms. The molecule has 0 aliphatic carbocycles. The van der Waals surface area contributed by atoms with Crippen LogP contribution in [0.3, 0.4) is 0 Å². The van der Waals surface area contributed by atoms with Crippen molar-refractivity contribution in [3.05, 3.63) is 0 Å². The number of quaternary nitrogens is 1. The van der Waals surface area contributed by atoms with Crippen molar-refractivity contribution >= 4 is 0 Å². The molecule has 0 N–H and O–H groups in total. The summed E-state index contributed by atoms with van der Waals surface area (Å²) in [6.45, 7) is 28.6. The van der Waals surface area contributed by atoms with E-state index in [4.69, 9.17) is 0 Å². The quantitative estimate of drug-likeness (QED) is 0.519. The molecule has 0 rings (SSSR count). The van der Waals surface area contributed by atoms with Crippen LogP contribution < -0.4 is 0 Å². The van der Waals surface area contributed by atoms with Gasteiger partial charge < -0.3 is 5.91 Å². The van der Waals surface area contributed by atoms with Gasteiger partial charge in [-0.3, -0.25) is 0 Å². The van der Waals surface area contributed by atoms with E-state index in [9.17, 15) is 0 Å². The number of hydrogen-bond acceptors (Lipinski definition) is 0. The van der Waals surface area contributed by atoms with Crippen molar-refractivity contribution in [1.29, 1.82) is 0 Å². The minimum atomic E-state index is 0. The van der Waals surface area contributed by atoms with Crippen LogP contribution in [0, 0.1) is 0 Å². The molecule has 0 aliphatic rings. The summed E-state index contributed by atoms with van der Waals surface area (Å²) in [6, 6.07) is 0. The molecule has 0 aliphatic heterocycles. The lowest BCUT2D eigenvalue weighted by Gasteiger charge is -2.70. The van der Waals surface area contributed by atoms with Crippen LogP contribution in [0.2, 0.25) is 0 Å². The van der Waals surface area contributed by atoms with E-state index in [0.717, 1.165) is 4.48 Å². The maximum absolute atomic E-state index is 2.38. The maximum atomic E-state index is 2.38. The van der Waals surface area contributed by atoms with Crippen LogP contribution in [-0.4, -0.2) is 26.6 Å². The van der Waals surface area contributed by atoms with Gasteiger partial charge in [0.1, 0.15) is 0 Å². The van der Waals surface area contributed by atoms with Crippen LogP contribution in [0.15, 0.2) is 0 Å². The first-order valence-corrected chi connectivity index (χ1v) is 6.89. The third-order valence-electron chi connectivity index (χ3n) is 4.02. The second-order valence-electron chi connectivity index (χ2n) is 9.35. The predicted octanol–water partition coefficient (Wildman–Crippen LogP) is 5.11. The molecule has 0 fully saturated rings. The molecular formula is C16H37N. The van der Waals surface area contributed by atoms with E-state index in [1.54, 1.807) is 0 Å². The lowest BCUT2D eigenvalue weighted by molar-refractivity contribution is -1.08. The first-order valence-electron chi connectivity index (χ1n) is 6.89. The third kappa shape index (κ3) is 2.41. The van der Waals surface area contributed by atoms with Gasteiger partial charge in [0.15, 0.2) is 0 Å². The Balaban J connectivity index is 0. The summed E-state index contributed by atoms with van der Waals surface area (Å²) >= 11 is 0. The van der Waals surface area contributed by atoms with Gasteiger partial charge in [0.2, 0.25) is 0 Å². The average molecular weight is 243 g/mol. The van der Waals surface area contributed by atoms with Crippen molar-refractivity contribution in [3.63, 3.8) is 0 Å². The minimum absolute atomic E-state index is 0. The standard InChI is InChI=1S/C16H36N.H/c1-13(2,3)17(14(4,5)6,15(7,8)9)16(10,11)12;/h1-12H3;/q+1;-1. The molecule has 1 heteroatoms. The first-order chi connectivity index (χ1) is 7.00. The van der Waals surface area contributed by atoms with Crippen molar-refractivity contribution < 1.29 is 5.91 Å². The number of nitrogens with zero attached hydrogens (tertiary/aromatic N) is 1. The summed E-state index contributed by atoms with van der Waals surface area (Å²) in [5, 5.41) is 0. The highest BCUT2D eigenvalue weighted by Gasteiger charge is 2.62. The van der Waals surface area contributed by atoms with Gasteiger partial charge in [0.05, 0.1) is 22.2 Å². The Hall–Kier alpha value is -0.0400. The molecule has 0 saturated carbocycles. The van der Waals surface area contributed by atoms with Crippen LogP contribution in [0.4, 0.5) is 0 Å². The zero-order valence-corrected chi connectivity index (χ0v) is 14.4. The van der Waals surface area contributed by atoms with Crippen LogP contribution in [0.1, 0.15) is 84.5 Å². The Morgan fingerprint density at radius 3 is 0.529 bits per heavy atom. The van der Waals surface area contributed by atoms with Gasteiger partial charge in [-0.2, -0.15) is 0 Å². The minimum Gasteiger partial charge on any atom is -1.00 e. The zero-order chi connectivity index (χ0) is 14.5. The van der Waals surface area contributed by atoms with E-state index in [1.165, 1.54) is 0 Å². The van der Waals surface area contributed by atoms with E-state index >= 15 is 0 Å². The topological polar surface area (TPSA) is 0 Å². The molecule has 0 spiro atoms. The molecule has 0 aromatic rings.